The zero-order valence-corrected chi connectivity index (χ0v) is 25.9. The zero-order valence-electron chi connectivity index (χ0n) is 24.2. The van der Waals surface area contributed by atoms with Gasteiger partial charge in [-0.3, -0.25) is 0 Å². The summed E-state index contributed by atoms with van der Waals surface area (Å²) in [4.78, 5) is 15.5. The minimum atomic E-state index is 0.212. The molecule has 0 unspecified atom stereocenters. The fourth-order valence-corrected chi connectivity index (χ4v) is 8.99. The van der Waals surface area contributed by atoms with E-state index >= 15 is 0 Å². The summed E-state index contributed by atoms with van der Waals surface area (Å²) in [5, 5.41) is 7.61. The average Bonchev–Trinajstić information content (AvgIpc) is 3.50. The Balaban J connectivity index is 1.36. The number of hydrogen-bond donors (Lipinski definition) is 0. The fraction of sp³-hybridized carbons (Fsp3) is 0. The first-order valence-corrected chi connectivity index (χ1v) is 16.7. The SMILES string of the molecule is c1ccc(-c2cccc(-c3nc(-c4ccccc4)nc(-c4cc5c6ccccc6[se]c5c5c4ccc4ccccc45)n3)c2)cc1. The van der Waals surface area contributed by atoms with Gasteiger partial charge < -0.3 is 0 Å². The molecule has 9 aromatic rings. The standard InChI is InChI=1S/C41H25N3Se/c1-3-12-26(13-4-1)29-17-11-18-30(24-29)40-42-39(28-15-5-2-6-16-28)43-41(44-40)35-25-34-32-20-9-10-21-36(32)45-38(34)37-31-19-8-7-14-27(31)22-23-33(35)37/h1-25H. The molecule has 2 heterocycles. The van der Waals surface area contributed by atoms with Crippen molar-refractivity contribution in [1.82, 2.24) is 15.0 Å². The third-order valence-corrected chi connectivity index (χ3v) is 11.0. The van der Waals surface area contributed by atoms with Gasteiger partial charge in [0.15, 0.2) is 0 Å². The minimum absolute atomic E-state index is 0.212. The molecule has 9 rings (SSSR count). The predicted molar refractivity (Wildman–Crippen MR) is 189 cm³/mol. The molecule has 0 aliphatic heterocycles. The van der Waals surface area contributed by atoms with Gasteiger partial charge in [0.1, 0.15) is 0 Å². The van der Waals surface area contributed by atoms with Crippen LogP contribution in [0.4, 0.5) is 0 Å². The van der Waals surface area contributed by atoms with Crippen LogP contribution in [0.2, 0.25) is 0 Å². The molecule has 0 atom stereocenters. The third-order valence-electron chi connectivity index (χ3n) is 8.51. The Morgan fingerprint density at radius 2 is 1.00 bits per heavy atom. The molecule has 0 saturated heterocycles. The molecule has 4 heteroatoms. The van der Waals surface area contributed by atoms with E-state index in [1.807, 2.05) is 24.3 Å². The van der Waals surface area contributed by atoms with Gasteiger partial charge in [0.25, 0.3) is 0 Å². The van der Waals surface area contributed by atoms with Crippen molar-refractivity contribution in [3.05, 3.63) is 152 Å². The second-order valence-corrected chi connectivity index (χ2v) is 13.4. The van der Waals surface area contributed by atoms with Crippen molar-refractivity contribution in [1.29, 1.82) is 0 Å². The summed E-state index contributed by atoms with van der Waals surface area (Å²) < 4.78 is 2.86. The molecule has 0 bridgehead atoms. The smallest absolute Gasteiger partial charge is 0.0617 e. The maximum atomic E-state index is 5.23. The number of nitrogens with zero attached hydrogens (tertiary/aromatic N) is 3. The van der Waals surface area contributed by atoms with E-state index in [4.69, 9.17) is 15.0 Å². The summed E-state index contributed by atoms with van der Waals surface area (Å²) >= 11 is 0.212. The second-order valence-electron chi connectivity index (χ2n) is 11.2. The van der Waals surface area contributed by atoms with E-state index < -0.39 is 0 Å². The van der Waals surface area contributed by atoms with Crippen LogP contribution < -0.4 is 0 Å². The van der Waals surface area contributed by atoms with E-state index in [2.05, 4.69) is 127 Å². The topological polar surface area (TPSA) is 38.7 Å². The average molecular weight is 639 g/mol. The monoisotopic (exact) mass is 639 g/mol. The summed E-state index contributed by atoms with van der Waals surface area (Å²) in [6.45, 7) is 0. The zero-order chi connectivity index (χ0) is 29.7. The summed E-state index contributed by atoms with van der Waals surface area (Å²) in [5.74, 6) is 2.01. The van der Waals surface area contributed by atoms with Gasteiger partial charge in [0.05, 0.1) is 0 Å². The Kier molecular flexibility index (Phi) is 6.15. The normalized spacial score (nSPS) is 11.6. The molecule has 45 heavy (non-hydrogen) atoms. The van der Waals surface area contributed by atoms with Crippen molar-refractivity contribution < 1.29 is 0 Å². The Labute approximate surface area is 266 Å². The first-order chi connectivity index (χ1) is 22.3. The third kappa shape index (κ3) is 4.46. The van der Waals surface area contributed by atoms with Gasteiger partial charge in [-0.1, -0.05) is 18.2 Å². The quantitative estimate of drug-likeness (QED) is 0.142. The minimum Gasteiger partial charge on any atom is -0.0617 e. The first-order valence-electron chi connectivity index (χ1n) is 15.0. The van der Waals surface area contributed by atoms with Crippen molar-refractivity contribution in [3.8, 4) is 45.3 Å². The van der Waals surface area contributed by atoms with Gasteiger partial charge in [0, 0.05) is 0 Å². The van der Waals surface area contributed by atoms with Gasteiger partial charge in [-0.2, -0.15) is 0 Å². The van der Waals surface area contributed by atoms with Crippen LogP contribution in [-0.4, -0.2) is 29.5 Å². The van der Waals surface area contributed by atoms with Crippen LogP contribution >= 0.6 is 0 Å². The summed E-state index contributed by atoms with van der Waals surface area (Å²) in [5.41, 5.74) is 5.24. The number of hydrogen-bond acceptors (Lipinski definition) is 3. The van der Waals surface area contributed by atoms with Crippen molar-refractivity contribution in [2.24, 2.45) is 0 Å². The van der Waals surface area contributed by atoms with Crippen molar-refractivity contribution >= 4 is 55.3 Å². The molecule has 0 radical (unpaired) electrons. The van der Waals surface area contributed by atoms with E-state index in [1.54, 1.807) is 0 Å². The first kappa shape index (κ1) is 26.0. The van der Waals surface area contributed by atoms with Crippen molar-refractivity contribution in [2.75, 3.05) is 0 Å². The maximum absolute atomic E-state index is 5.23. The summed E-state index contributed by atoms with van der Waals surface area (Å²) in [6, 6.07) is 53.5. The molecule has 0 fully saturated rings. The molecule has 0 aliphatic carbocycles. The number of fused-ring (bicyclic) bond motifs is 7. The van der Waals surface area contributed by atoms with Gasteiger partial charge in [-0.15, -0.1) is 0 Å². The van der Waals surface area contributed by atoms with E-state index in [-0.39, 0.29) is 14.5 Å². The molecule has 0 saturated carbocycles. The molecule has 7 aromatic carbocycles. The van der Waals surface area contributed by atoms with Gasteiger partial charge in [-0.05, 0) is 0 Å². The Morgan fingerprint density at radius 3 is 1.82 bits per heavy atom. The molecule has 0 N–H and O–H groups in total. The van der Waals surface area contributed by atoms with Gasteiger partial charge in [0.2, 0.25) is 0 Å². The molecule has 0 amide bonds. The van der Waals surface area contributed by atoms with E-state index in [0.29, 0.717) is 17.5 Å². The van der Waals surface area contributed by atoms with Crippen molar-refractivity contribution in [2.45, 2.75) is 0 Å². The molecule has 3 nitrogen and oxygen atoms in total. The van der Waals surface area contributed by atoms with E-state index in [1.165, 1.54) is 40.8 Å². The van der Waals surface area contributed by atoms with E-state index in [0.717, 1.165) is 27.8 Å². The molecule has 210 valence electrons. The van der Waals surface area contributed by atoms with Crippen LogP contribution in [0.1, 0.15) is 0 Å². The molecule has 0 aliphatic rings. The van der Waals surface area contributed by atoms with Crippen molar-refractivity contribution in [3.63, 3.8) is 0 Å². The van der Waals surface area contributed by atoms with E-state index in [9.17, 15) is 0 Å². The molecular weight excluding hydrogens is 613 g/mol. The van der Waals surface area contributed by atoms with Gasteiger partial charge >= 0.3 is 249 Å². The number of aromatic nitrogens is 3. The molecule has 2 aromatic heterocycles. The Morgan fingerprint density at radius 1 is 0.378 bits per heavy atom. The van der Waals surface area contributed by atoms with Crippen LogP contribution in [0, 0.1) is 0 Å². The molecule has 0 spiro atoms. The molecular formula is C41H25N3Se. The van der Waals surface area contributed by atoms with Gasteiger partial charge in [-0.25, -0.2) is 0 Å². The Bertz CT molecular complexity index is 2540. The second kappa shape index (κ2) is 10.6. The van der Waals surface area contributed by atoms with Crippen LogP contribution in [0.5, 0.6) is 0 Å². The fourth-order valence-electron chi connectivity index (χ4n) is 6.35. The summed E-state index contributed by atoms with van der Waals surface area (Å²) in [6.07, 6.45) is 0. The summed E-state index contributed by atoms with van der Waals surface area (Å²) in [7, 11) is 0. The van der Waals surface area contributed by atoms with Crippen LogP contribution in [0.3, 0.4) is 0 Å². The van der Waals surface area contributed by atoms with Crippen LogP contribution in [0.25, 0.3) is 86.1 Å². The van der Waals surface area contributed by atoms with Crippen LogP contribution in [0.15, 0.2) is 152 Å². The number of benzene rings is 7. The van der Waals surface area contributed by atoms with Crippen LogP contribution in [-0.2, 0) is 0 Å². The predicted octanol–water partition coefficient (Wildman–Crippen LogP) is 10.2. The Hall–Kier alpha value is -5.41. The number of rotatable bonds is 4.